The molecule has 2 heterocycles. The highest BCUT2D eigenvalue weighted by molar-refractivity contribution is 5.90. The van der Waals surface area contributed by atoms with Crippen molar-refractivity contribution in [2.75, 3.05) is 0 Å². The lowest BCUT2D eigenvalue weighted by molar-refractivity contribution is -0.156. The fourth-order valence-electron chi connectivity index (χ4n) is 4.02. The maximum absolute atomic E-state index is 12.9. The first-order valence-corrected chi connectivity index (χ1v) is 13.2. The quantitative estimate of drug-likeness (QED) is 0.279. The van der Waals surface area contributed by atoms with Gasteiger partial charge in [-0.15, -0.1) is 0 Å². The molecule has 4 N–H and O–H groups in total. The van der Waals surface area contributed by atoms with Gasteiger partial charge in [-0.1, -0.05) is 24.6 Å². The van der Waals surface area contributed by atoms with Crippen LogP contribution in [0.15, 0.2) is 48.8 Å². The number of carbonyl (C=O) groups excluding carboxylic acids is 3. The molecular weight excluding hydrogens is 496 g/mol. The molecule has 0 saturated heterocycles. The van der Waals surface area contributed by atoms with Gasteiger partial charge >= 0.3 is 11.9 Å². The van der Waals surface area contributed by atoms with E-state index in [9.17, 15) is 14.4 Å². The van der Waals surface area contributed by atoms with Crippen molar-refractivity contribution in [3.63, 3.8) is 0 Å². The van der Waals surface area contributed by atoms with E-state index in [1.165, 1.54) is 0 Å². The number of nitrogens with two attached hydrogens (primary N) is 2. The highest BCUT2D eigenvalue weighted by Crippen LogP contribution is 2.25. The van der Waals surface area contributed by atoms with Gasteiger partial charge in [0.2, 0.25) is 0 Å². The summed E-state index contributed by atoms with van der Waals surface area (Å²) < 4.78 is 12.6. The fraction of sp³-hybridized carbons (Fsp3) is 0.467. The number of ether oxygens (including phenoxy) is 2. The molecular formula is C30H40N4O5. The van der Waals surface area contributed by atoms with Crippen molar-refractivity contribution in [2.45, 2.75) is 90.5 Å². The number of hydrogen-bond donors (Lipinski definition) is 2. The maximum atomic E-state index is 12.9. The second-order valence-corrected chi connectivity index (χ2v) is 11.7. The van der Waals surface area contributed by atoms with Gasteiger partial charge in [-0.25, -0.2) is 9.78 Å². The number of aromatic nitrogens is 2. The summed E-state index contributed by atoms with van der Waals surface area (Å²) in [6.45, 7) is 10.9. The number of esters is 2. The van der Waals surface area contributed by atoms with Gasteiger partial charge in [0.05, 0.1) is 17.3 Å². The molecule has 0 bridgehead atoms. The normalized spacial score (nSPS) is 13.6. The lowest BCUT2D eigenvalue weighted by Crippen LogP contribution is -2.37. The first-order chi connectivity index (χ1) is 18.1. The van der Waals surface area contributed by atoms with E-state index in [1.54, 1.807) is 39.0 Å². The van der Waals surface area contributed by atoms with Crippen LogP contribution in [0.1, 0.15) is 89.2 Å². The molecule has 2 atom stereocenters. The fourth-order valence-corrected chi connectivity index (χ4v) is 4.02. The van der Waals surface area contributed by atoms with E-state index < -0.39 is 29.3 Å². The van der Waals surface area contributed by atoms with Crippen LogP contribution in [0.2, 0.25) is 0 Å². The van der Waals surface area contributed by atoms with Gasteiger partial charge in [0.15, 0.2) is 5.78 Å². The van der Waals surface area contributed by atoms with E-state index in [0.717, 1.165) is 5.56 Å². The molecule has 0 radical (unpaired) electrons. The first kappa shape index (κ1) is 30.0. The molecule has 39 heavy (non-hydrogen) atoms. The highest BCUT2D eigenvalue weighted by atomic mass is 16.6. The van der Waals surface area contributed by atoms with E-state index in [1.807, 2.05) is 55.8 Å². The standard InChI is InChI=1S/C30H40N4O5/c1-29(2,3)38-27(36)20-15-13-19(14-16-20)23-18-34-17-9-10-21(26(34)33-23)25(32)24(35)12-8-7-11-22(31)28(37)39-30(4,5)6/h9-10,13-18,22,25H,7-8,11-12,31-32H2,1-6H3. The van der Waals surface area contributed by atoms with Crippen molar-refractivity contribution in [3.05, 3.63) is 59.9 Å². The average molecular weight is 537 g/mol. The molecule has 1 aromatic carbocycles. The second kappa shape index (κ2) is 12.1. The third kappa shape index (κ3) is 8.46. The van der Waals surface area contributed by atoms with Gasteiger partial charge in [-0.2, -0.15) is 0 Å². The van der Waals surface area contributed by atoms with Crippen LogP contribution in [-0.4, -0.2) is 44.4 Å². The van der Waals surface area contributed by atoms with Crippen LogP contribution in [0.5, 0.6) is 0 Å². The number of hydrogen-bond acceptors (Lipinski definition) is 8. The van der Waals surface area contributed by atoms with Gasteiger partial charge in [0, 0.05) is 29.9 Å². The minimum Gasteiger partial charge on any atom is -0.459 e. The Labute approximate surface area is 229 Å². The molecule has 0 amide bonds. The molecule has 9 nitrogen and oxygen atoms in total. The number of pyridine rings is 1. The zero-order chi connectivity index (χ0) is 29.0. The largest absolute Gasteiger partial charge is 0.459 e. The zero-order valence-corrected chi connectivity index (χ0v) is 23.7. The van der Waals surface area contributed by atoms with Crippen LogP contribution < -0.4 is 11.5 Å². The highest BCUT2D eigenvalue weighted by Gasteiger charge is 2.23. The van der Waals surface area contributed by atoms with E-state index in [2.05, 4.69) is 0 Å². The number of fused-ring (bicyclic) bond motifs is 1. The number of imidazole rings is 1. The molecule has 0 aliphatic rings. The zero-order valence-electron chi connectivity index (χ0n) is 23.7. The van der Waals surface area contributed by atoms with E-state index in [0.29, 0.717) is 41.7 Å². The van der Waals surface area contributed by atoms with Crippen molar-refractivity contribution in [1.29, 1.82) is 0 Å². The third-order valence-corrected chi connectivity index (χ3v) is 5.91. The summed E-state index contributed by atoms with van der Waals surface area (Å²) in [7, 11) is 0. The SMILES string of the molecule is CC(C)(C)OC(=O)c1ccc(-c2cn3cccc(C(N)C(=O)CCCCC(N)C(=O)OC(C)(C)C)c3n2)cc1. The molecule has 0 aliphatic carbocycles. The predicted molar refractivity (Wildman–Crippen MR) is 150 cm³/mol. The first-order valence-electron chi connectivity index (χ1n) is 13.2. The molecule has 2 aromatic heterocycles. The van der Waals surface area contributed by atoms with Gasteiger partial charge in [-0.05, 0) is 72.6 Å². The Morgan fingerprint density at radius 3 is 2.18 bits per heavy atom. The molecule has 0 fully saturated rings. The Morgan fingerprint density at radius 2 is 1.56 bits per heavy atom. The Balaban J connectivity index is 1.64. The monoisotopic (exact) mass is 536 g/mol. The predicted octanol–water partition coefficient (Wildman–Crippen LogP) is 4.75. The molecule has 3 rings (SSSR count). The minimum absolute atomic E-state index is 0.111. The van der Waals surface area contributed by atoms with Crippen LogP contribution >= 0.6 is 0 Å². The van der Waals surface area contributed by atoms with Gasteiger partial charge in [-0.3, -0.25) is 9.59 Å². The molecule has 3 aromatic rings. The van der Waals surface area contributed by atoms with E-state index in [4.69, 9.17) is 25.9 Å². The number of carbonyl (C=O) groups is 3. The molecule has 0 spiro atoms. The Bertz CT molecular complexity index is 1320. The summed E-state index contributed by atoms with van der Waals surface area (Å²) in [6, 6.07) is 9.12. The Morgan fingerprint density at radius 1 is 0.923 bits per heavy atom. The van der Waals surface area contributed by atoms with E-state index >= 15 is 0 Å². The smallest absolute Gasteiger partial charge is 0.338 e. The van der Waals surface area contributed by atoms with Crippen LogP contribution in [0.4, 0.5) is 0 Å². The Kier molecular flexibility index (Phi) is 9.30. The lowest BCUT2D eigenvalue weighted by Gasteiger charge is -2.22. The lowest BCUT2D eigenvalue weighted by atomic mass is 9.99. The molecule has 210 valence electrons. The van der Waals surface area contributed by atoms with Crippen molar-refractivity contribution in [2.24, 2.45) is 11.5 Å². The van der Waals surface area contributed by atoms with Crippen LogP contribution in [0.3, 0.4) is 0 Å². The Hall–Kier alpha value is -3.56. The number of benzene rings is 1. The van der Waals surface area contributed by atoms with Crippen LogP contribution in [-0.2, 0) is 19.1 Å². The summed E-state index contributed by atoms with van der Waals surface area (Å²) in [5.41, 5.74) is 14.3. The van der Waals surface area contributed by atoms with Crippen molar-refractivity contribution in [3.8, 4) is 11.3 Å². The third-order valence-electron chi connectivity index (χ3n) is 5.91. The van der Waals surface area contributed by atoms with Gasteiger partial charge in [0.1, 0.15) is 22.9 Å². The van der Waals surface area contributed by atoms with Crippen molar-refractivity contribution in [1.82, 2.24) is 9.38 Å². The molecule has 0 aliphatic heterocycles. The summed E-state index contributed by atoms with van der Waals surface area (Å²) in [4.78, 5) is 42.0. The van der Waals surface area contributed by atoms with Crippen molar-refractivity contribution < 1.29 is 23.9 Å². The van der Waals surface area contributed by atoms with Crippen LogP contribution in [0, 0.1) is 0 Å². The molecule has 2 unspecified atom stereocenters. The van der Waals surface area contributed by atoms with Crippen LogP contribution in [0.25, 0.3) is 16.9 Å². The summed E-state index contributed by atoms with van der Waals surface area (Å²) in [6.07, 6.45) is 5.58. The van der Waals surface area contributed by atoms with E-state index in [-0.39, 0.29) is 18.2 Å². The molecule has 9 heteroatoms. The number of rotatable bonds is 10. The second-order valence-electron chi connectivity index (χ2n) is 11.7. The number of Topliss-reactive ketones (excluding diaryl/α,β-unsaturated/α-hetero) is 1. The molecule has 0 saturated carbocycles. The minimum atomic E-state index is -0.835. The summed E-state index contributed by atoms with van der Waals surface area (Å²) in [5, 5.41) is 0. The summed E-state index contributed by atoms with van der Waals surface area (Å²) >= 11 is 0. The number of nitrogens with zero attached hydrogens (tertiary/aromatic N) is 2. The van der Waals surface area contributed by atoms with Gasteiger partial charge < -0.3 is 25.3 Å². The topological polar surface area (TPSA) is 139 Å². The average Bonchev–Trinajstić information content (AvgIpc) is 3.28. The number of ketones is 1. The number of unbranched alkanes of at least 4 members (excludes halogenated alkanes) is 1. The van der Waals surface area contributed by atoms with Gasteiger partial charge in [0.25, 0.3) is 0 Å². The van der Waals surface area contributed by atoms with Crippen molar-refractivity contribution >= 4 is 23.4 Å². The summed E-state index contributed by atoms with van der Waals surface area (Å²) in [5.74, 6) is -0.936. The maximum Gasteiger partial charge on any atom is 0.338 e.